The second-order valence-corrected chi connectivity index (χ2v) is 6.36. The Morgan fingerprint density at radius 1 is 1.25 bits per heavy atom. The number of carbonyl (C=O) groups excluding carboxylic acids is 2. The van der Waals surface area contributed by atoms with Gasteiger partial charge < -0.3 is 0 Å². The molecule has 0 spiro atoms. The van der Waals surface area contributed by atoms with Crippen LogP contribution in [0.3, 0.4) is 0 Å². The number of hydrogen-bond donors (Lipinski definition) is 2. The zero-order chi connectivity index (χ0) is 14.7. The molecular formula is C13H14Cl2N2O2S. The van der Waals surface area contributed by atoms with E-state index in [0.717, 1.165) is 12.0 Å². The van der Waals surface area contributed by atoms with E-state index in [1.54, 1.807) is 6.07 Å². The first-order valence-electron chi connectivity index (χ1n) is 6.05. The molecule has 1 aromatic carbocycles. The third-order valence-corrected chi connectivity index (χ3v) is 4.03. The fourth-order valence-electron chi connectivity index (χ4n) is 2.03. The van der Waals surface area contributed by atoms with E-state index >= 15 is 0 Å². The van der Waals surface area contributed by atoms with Gasteiger partial charge in [-0.3, -0.25) is 20.4 Å². The van der Waals surface area contributed by atoms with Gasteiger partial charge >= 0.3 is 0 Å². The number of rotatable bonds is 4. The molecule has 0 saturated heterocycles. The number of halogens is 2. The first-order chi connectivity index (χ1) is 9.51. The molecule has 1 aromatic rings. The molecule has 2 rings (SSSR count). The molecule has 0 bridgehead atoms. The lowest BCUT2D eigenvalue weighted by Gasteiger charge is -2.06. The van der Waals surface area contributed by atoms with Gasteiger partial charge in [0.2, 0.25) is 11.8 Å². The number of benzene rings is 1. The van der Waals surface area contributed by atoms with E-state index in [1.165, 1.54) is 11.8 Å². The summed E-state index contributed by atoms with van der Waals surface area (Å²) >= 11 is 13.3. The summed E-state index contributed by atoms with van der Waals surface area (Å²) in [5.41, 5.74) is 5.78. The van der Waals surface area contributed by atoms with Crippen molar-refractivity contribution < 1.29 is 9.59 Å². The largest absolute Gasteiger partial charge is 0.273 e. The second kappa shape index (κ2) is 6.70. The average Bonchev–Trinajstić information content (AvgIpc) is 3.15. The van der Waals surface area contributed by atoms with Crippen LogP contribution in [-0.2, 0) is 9.59 Å². The minimum Gasteiger partial charge on any atom is -0.273 e. The van der Waals surface area contributed by atoms with Crippen molar-refractivity contribution in [3.05, 3.63) is 33.8 Å². The SMILES string of the molecule is CSCC(=O)NNC(=O)[C@H]1C[C@H]1c1cc(Cl)cc(Cl)c1. The summed E-state index contributed by atoms with van der Waals surface area (Å²) in [6.07, 6.45) is 2.56. The van der Waals surface area contributed by atoms with Gasteiger partial charge in [0.15, 0.2) is 0 Å². The molecule has 0 heterocycles. The monoisotopic (exact) mass is 332 g/mol. The van der Waals surface area contributed by atoms with E-state index in [9.17, 15) is 9.59 Å². The summed E-state index contributed by atoms with van der Waals surface area (Å²) in [4.78, 5) is 23.1. The van der Waals surface area contributed by atoms with Gasteiger partial charge in [-0.15, -0.1) is 0 Å². The third kappa shape index (κ3) is 4.04. The van der Waals surface area contributed by atoms with E-state index in [-0.39, 0.29) is 23.7 Å². The molecule has 1 aliphatic rings. The van der Waals surface area contributed by atoms with Crippen LogP contribution < -0.4 is 10.9 Å². The topological polar surface area (TPSA) is 58.2 Å². The summed E-state index contributed by atoms with van der Waals surface area (Å²) in [6, 6.07) is 5.29. The number of carbonyl (C=O) groups is 2. The van der Waals surface area contributed by atoms with Gasteiger partial charge in [0, 0.05) is 16.0 Å². The summed E-state index contributed by atoms with van der Waals surface area (Å²) in [5.74, 6) is -0.102. The quantitative estimate of drug-likeness (QED) is 0.833. The van der Waals surface area contributed by atoms with Crippen LogP contribution in [0.2, 0.25) is 10.0 Å². The van der Waals surface area contributed by atoms with Crippen molar-refractivity contribution >= 4 is 46.8 Å². The number of nitrogens with one attached hydrogen (secondary N) is 2. The number of amides is 2. The van der Waals surface area contributed by atoms with Crippen LogP contribution in [0.15, 0.2) is 18.2 Å². The van der Waals surface area contributed by atoms with Crippen molar-refractivity contribution in [2.24, 2.45) is 5.92 Å². The van der Waals surface area contributed by atoms with Crippen molar-refractivity contribution in [3.8, 4) is 0 Å². The second-order valence-electron chi connectivity index (χ2n) is 4.62. The van der Waals surface area contributed by atoms with Crippen LogP contribution in [-0.4, -0.2) is 23.8 Å². The van der Waals surface area contributed by atoms with Crippen LogP contribution in [0.5, 0.6) is 0 Å². The molecule has 1 fully saturated rings. The lowest BCUT2D eigenvalue weighted by molar-refractivity contribution is -0.128. The van der Waals surface area contributed by atoms with Crippen LogP contribution in [0.1, 0.15) is 17.9 Å². The van der Waals surface area contributed by atoms with Gasteiger partial charge in [0.05, 0.1) is 5.75 Å². The van der Waals surface area contributed by atoms with Gasteiger partial charge in [0.25, 0.3) is 0 Å². The van der Waals surface area contributed by atoms with Crippen molar-refractivity contribution in [1.29, 1.82) is 0 Å². The normalized spacial score (nSPS) is 20.4. The molecule has 20 heavy (non-hydrogen) atoms. The lowest BCUT2D eigenvalue weighted by Crippen LogP contribution is -2.43. The highest BCUT2D eigenvalue weighted by molar-refractivity contribution is 7.99. The van der Waals surface area contributed by atoms with E-state index < -0.39 is 0 Å². The Morgan fingerprint density at radius 3 is 2.50 bits per heavy atom. The molecule has 0 aromatic heterocycles. The molecule has 1 aliphatic carbocycles. The van der Waals surface area contributed by atoms with Gasteiger partial charge in [-0.1, -0.05) is 23.2 Å². The Hall–Kier alpha value is -0.910. The molecule has 0 unspecified atom stereocenters. The van der Waals surface area contributed by atoms with Crippen molar-refractivity contribution in [3.63, 3.8) is 0 Å². The molecule has 7 heteroatoms. The van der Waals surface area contributed by atoms with Crippen LogP contribution in [0.4, 0.5) is 0 Å². The van der Waals surface area contributed by atoms with E-state index in [4.69, 9.17) is 23.2 Å². The zero-order valence-electron chi connectivity index (χ0n) is 10.8. The predicted octanol–water partition coefficient (Wildman–Crippen LogP) is 2.61. The van der Waals surface area contributed by atoms with Crippen LogP contribution >= 0.6 is 35.0 Å². The summed E-state index contributed by atoms with van der Waals surface area (Å²) in [6.45, 7) is 0. The Morgan fingerprint density at radius 2 is 1.90 bits per heavy atom. The highest BCUT2D eigenvalue weighted by Crippen LogP contribution is 2.48. The molecule has 0 aliphatic heterocycles. The number of thioether (sulfide) groups is 1. The summed E-state index contributed by atoms with van der Waals surface area (Å²) in [5, 5.41) is 1.12. The zero-order valence-corrected chi connectivity index (χ0v) is 13.1. The van der Waals surface area contributed by atoms with E-state index in [2.05, 4.69) is 10.9 Å². The molecule has 2 amide bonds. The maximum Gasteiger partial charge on any atom is 0.248 e. The Labute approximate surface area is 131 Å². The Bertz CT molecular complexity index is 519. The standard InChI is InChI=1S/C13H14Cl2N2O2S/c1-20-6-12(18)16-17-13(19)11-5-10(11)7-2-8(14)4-9(15)3-7/h2-4,10-11H,5-6H2,1H3,(H,16,18)(H,17,19)/t10-,11-/m0/s1. The van der Waals surface area contributed by atoms with Crippen LogP contribution in [0, 0.1) is 5.92 Å². The van der Waals surface area contributed by atoms with Gasteiger partial charge in [-0.25, -0.2) is 0 Å². The molecule has 2 N–H and O–H groups in total. The van der Waals surface area contributed by atoms with E-state index in [1.807, 2.05) is 18.4 Å². The average molecular weight is 333 g/mol. The van der Waals surface area contributed by atoms with Crippen molar-refractivity contribution in [2.75, 3.05) is 12.0 Å². The minimum atomic E-state index is -0.214. The number of hydrazine groups is 1. The van der Waals surface area contributed by atoms with Gasteiger partial charge in [0.1, 0.15) is 0 Å². The maximum absolute atomic E-state index is 11.9. The summed E-state index contributed by atoms with van der Waals surface area (Å²) in [7, 11) is 0. The Balaban J connectivity index is 1.87. The van der Waals surface area contributed by atoms with Crippen LogP contribution in [0.25, 0.3) is 0 Å². The molecular weight excluding hydrogens is 319 g/mol. The highest BCUT2D eigenvalue weighted by atomic mass is 35.5. The highest BCUT2D eigenvalue weighted by Gasteiger charge is 2.44. The fourth-order valence-corrected chi connectivity index (χ4v) is 2.91. The molecule has 1 saturated carbocycles. The third-order valence-electron chi connectivity index (χ3n) is 3.04. The molecule has 4 nitrogen and oxygen atoms in total. The first-order valence-corrected chi connectivity index (χ1v) is 8.20. The van der Waals surface area contributed by atoms with E-state index in [0.29, 0.717) is 15.8 Å². The van der Waals surface area contributed by atoms with Crippen molar-refractivity contribution in [1.82, 2.24) is 10.9 Å². The van der Waals surface area contributed by atoms with Gasteiger partial charge in [-0.05, 0) is 42.4 Å². The first kappa shape index (κ1) is 15.5. The molecule has 108 valence electrons. The smallest absolute Gasteiger partial charge is 0.248 e. The fraction of sp³-hybridized carbons (Fsp3) is 0.385. The summed E-state index contributed by atoms with van der Waals surface area (Å²) < 4.78 is 0. The molecule has 2 atom stereocenters. The minimum absolute atomic E-state index is 0.114. The van der Waals surface area contributed by atoms with Crippen molar-refractivity contribution in [2.45, 2.75) is 12.3 Å². The molecule has 0 radical (unpaired) electrons. The van der Waals surface area contributed by atoms with Gasteiger partial charge in [-0.2, -0.15) is 11.8 Å². The Kier molecular flexibility index (Phi) is 5.18. The maximum atomic E-state index is 11.9. The number of hydrogen-bond acceptors (Lipinski definition) is 3. The lowest BCUT2D eigenvalue weighted by atomic mass is 10.1. The predicted molar refractivity (Wildman–Crippen MR) is 82.0 cm³/mol.